The molecule has 0 saturated carbocycles. The fraction of sp³-hybridized carbons (Fsp3) is 0.467. The van der Waals surface area contributed by atoms with Gasteiger partial charge in [-0.25, -0.2) is 0 Å². The summed E-state index contributed by atoms with van der Waals surface area (Å²) < 4.78 is 5.34. The van der Waals surface area contributed by atoms with E-state index in [1.807, 2.05) is 6.92 Å². The molecule has 4 heteroatoms. The zero-order valence-electron chi connectivity index (χ0n) is 12.2. The number of hydrogen-bond donors (Lipinski definition) is 1. The fourth-order valence-corrected chi connectivity index (χ4v) is 2.40. The van der Waals surface area contributed by atoms with Gasteiger partial charge in [0.1, 0.15) is 6.61 Å². The molecule has 102 valence electrons. The van der Waals surface area contributed by atoms with Crippen molar-refractivity contribution in [1.82, 2.24) is 9.97 Å². The topological polar surface area (TPSA) is 55.2 Å². The fourth-order valence-electron chi connectivity index (χ4n) is 2.40. The van der Waals surface area contributed by atoms with Crippen LogP contribution in [-0.4, -0.2) is 28.3 Å². The zero-order valence-corrected chi connectivity index (χ0v) is 12.2. The molecule has 4 nitrogen and oxygen atoms in total. The zero-order chi connectivity index (χ0) is 14.2. The molecule has 0 radical (unpaired) electrons. The van der Waals surface area contributed by atoms with E-state index in [0.717, 1.165) is 22.2 Å². The van der Waals surface area contributed by atoms with Gasteiger partial charge in [0.2, 0.25) is 0 Å². The molecule has 19 heavy (non-hydrogen) atoms. The highest BCUT2D eigenvalue weighted by atomic mass is 16.5. The Bertz CT molecular complexity index is 636. The number of aliphatic hydroxyl groups excluding tert-OH is 1. The first kappa shape index (κ1) is 13.7. The Morgan fingerprint density at radius 1 is 0.895 bits per heavy atom. The van der Waals surface area contributed by atoms with Gasteiger partial charge in [-0.3, -0.25) is 0 Å². The normalized spacial score (nSPS) is 11.1. The monoisotopic (exact) mass is 260 g/mol. The molecule has 0 aliphatic heterocycles. The molecular formula is C15H20N2O2. The smallest absolute Gasteiger partial charge is 0.317 e. The molecule has 0 saturated heterocycles. The highest BCUT2D eigenvalue weighted by Gasteiger charge is 2.14. The van der Waals surface area contributed by atoms with Crippen LogP contribution in [0.15, 0.2) is 0 Å². The third-order valence-corrected chi connectivity index (χ3v) is 3.81. The van der Waals surface area contributed by atoms with E-state index >= 15 is 0 Å². The molecule has 1 aromatic carbocycles. The summed E-state index contributed by atoms with van der Waals surface area (Å²) in [6.45, 7) is 10.6. The van der Waals surface area contributed by atoms with Gasteiger partial charge in [-0.2, -0.15) is 9.97 Å². The van der Waals surface area contributed by atoms with Crippen LogP contribution in [-0.2, 0) is 0 Å². The minimum absolute atomic E-state index is 0.0363. The van der Waals surface area contributed by atoms with E-state index in [1.165, 1.54) is 16.7 Å². The van der Waals surface area contributed by atoms with Crippen LogP contribution in [0.25, 0.3) is 10.9 Å². The average Bonchev–Trinajstić information content (AvgIpc) is 2.39. The summed E-state index contributed by atoms with van der Waals surface area (Å²) in [6, 6.07) is 0.338. The second-order valence-electron chi connectivity index (χ2n) is 4.89. The first-order chi connectivity index (χ1) is 8.97. The summed E-state index contributed by atoms with van der Waals surface area (Å²) in [7, 11) is 0. The van der Waals surface area contributed by atoms with Gasteiger partial charge in [-0.15, -0.1) is 0 Å². The number of nitrogens with zero attached hydrogens (tertiary/aromatic N) is 2. The van der Waals surface area contributed by atoms with Crippen molar-refractivity contribution in [3.63, 3.8) is 0 Å². The quantitative estimate of drug-likeness (QED) is 0.921. The minimum atomic E-state index is -0.0363. The number of aromatic nitrogens is 2. The largest absolute Gasteiger partial charge is 0.461 e. The van der Waals surface area contributed by atoms with E-state index in [2.05, 4.69) is 37.7 Å². The number of rotatable bonds is 3. The third kappa shape index (κ3) is 2.28. The summed E-state index contributed by atoms with van der Waals surface area (Å²) >= 11 is 0. The van der Waals surface area contributed by atoms with Gasteiger partial charge >= 0.3 is 6.01 Å². The highest BCUT2D eigenvalue weighted by molar-refractivity contribution is 5.89. The number of benzene rings is 1. The van der Waals surface area contributed by atoms with Gasteiger partial charge in [0.15, 0.2) is 0 Å². The molecule has 0 bridgehead atoms. The van der Waals surface area contributed by atoms with Crippen LogP contribution >= 0.6 is 0 Å². The lowest BCUT2D eigenvalue weighted by atomic mass is 9.94. The van der Waals surface area contributed by atoms with Crippen molar-refractivity contribution in [2.24, 2.45) is 0 Å². The van der Waals surface area contributed by atoms with E-state index in [4.69, 9.17) is 9.84 Å². The lowest BCUT2D eigenvalue weighted by Crippen LogP contribution is -2.07. The summed E-state index contributed by atoms with van der Waals surface area (Å²) in [5.41, 5.74) is 6.81. The predicted octanol–water partition coefficient (Wildman–Crippen LogP) is 2.54. The molecule has 0 amide bonds. The molecule has 0 fully saturated rings. The van der Waals surface area contributed by atoms with E-state index in [1.54, 1.807) is 0 Å². The van der Waals surface area contributed by atoms with Crippen LogP contribution in [0.3, 0.4) is 0 Å². The number of aliphatic hydroxyl groups is 1. The maximum Gasteiger partial charge on any atom is 0.317 e. The summed E-state index contributed by atoms with van der Waals surface area (Å²) in [6.07, 6.45) is 0. The van der Waals surface area contributed by atoms with Crippen molar-refractivity contribution in [3.05, 3.63) is 27.9 Å². The molecule has 0 aliphatic carbocycles. The molecule has 2 aromatic rings. The predicted molar refractivity (Wildman–Crippen MR) is 75.8 cm³/mol. The van der Waals surface area contributed by atoms with Crippen LogP contribution < -0.4 is 4.74 Å². The molecular weight excluding hydrogens is 240 g/mol. The molecule has 0 spiro atoms. The van der Waals surface area contributed by atoms with Gasteiger partial charge in [0, 0.05) is 5.39 Å². The Balaban J connectivity index is 2.74. The van der Waals surface area contributed by atoms with Crippen molar-refractivity contribution in [1.29, 1.82) is 0 Å². The standard InChI is InChI=1S/C15H20N2O2/c1-8-9(2)11(4)14-13(10(8)3)12(5)16-15(17-14)19-7-6-18/h18H,6-7H2,1-5H3. The third-order valence-electron chi connectivity index (χ3n) is 3.81. The van der Waals surface area contributed by atoms with Crippen molar-refractivity contribution < 1.29 is 9.84 Å². The van der Waals surface area contributed by atoms with Crippen LogP contribution in [0, 0.1) is 34.6 Å². The Kier molecular flexibility index (Phi) is 3.71. The van der Waals surface area contributed by atoms with Crippen molar-refractivity contribution in [2.75, 3.05) is 13.2 Å². The van der Waals surface area contributed by atoms with Gasteiger partial charge in [-0.05, 0) is 56.9 Å². The van der Waals surface area contributed by atoms with Gasteiger partial charge in [-0.1, -0.05) is 0 Å². The van der Waals surface area contributed by atoms with E-state index in [9.17, 15) is 0 Å². The number of ether oxygens (including phenoxy) is 1. The molecule has 1 N–H and O–H groups in total. The summed E-state index contributed by atoms with van der Waals surface area (Å²) in [5, 5.41) is 9.92. The Hall–Kier alpha value is -1.68. The van der Waals surface area contributed by atoms with Gasteiger partial charge in [0.05, 0.1) is 17.8 Å². The first-order valence-electron chi connectivity index (χ1n) is 6.45. The molecule has 2 rings (SSSR count). The molecule has 0 atom stereocenters. The molecule has 0 unspecified atom stereocenters. The number of aryl methyl sites for hydroxylation is 3. The SMILES string of the molecule is Cc1c(C)c(C)c2c(C)nc(OCCO)nc2c1C. The van der Waals surface area contributed by atoms with Gasteiger partial charge < -0.3 is 9.84 Å². The Labute approximate surface area is 113 Å². The number of hydrogen-bond acceptors (Lipinski definition) is 4. The second kappa shape index (κ2) is 5.13. The Morgan fingerprint density at radius 3 is 2.16 bits per heavy atom. The van der Waals surface area contributed by atoms with Gasteiger partial charge in [0.25, 0.3) is 0 Å². The molecule has 0 aliphatic rings. The van der Waals surface area contributed by atoms with Crippen LogP contribution in [0.5, 0.6) is 6.01 Å². The summed E-state index contributed by atoms with van der Waals surface area (Å²) in [5.74, 6) is 0. The van der Waals surface area contributed by atoms with Crippen molar-refractivity contribution in [3.8, 4) is 6.01 Å². The average molecular weight is 260 g/mol. The van der Waals surface area contributed by atoms with E-state index in [0.29, 0.717) is 6.01 Å². The van der Waals surface area contributed by atoms with Crippen molar-refractivity contribution in [2.45, 2.75) is 34.6 Å². The first-order valence-corrected chi connectivity index (χ1v) is 6.45. The van der Waals surface area contributed by atoms with Crippen molar-refractivity contribution >= 4 is 10.9 Å². The second-order valence-corrected chi connectivity index (χ2v) is 4.89. The molecule has 1 aromatic heterocycles. The van der Waals surface area contributed by atoms with E-state index in [-0.39, 0.29) is 13.2 Å². The lowest BCUT2D eigenvalue weighted by Gasteiger charge is -2.15. The maximum absolute atomic E-state index is 8.81. The summed E-state index contributed by atoms with van der Waals surface area (Å²) in [4.78, 5) is 8.86. The highest BCUT2D eigenvalue weighted by Crippen LogP contribution is 2.30. The maximum atomic E-state index is 8.81. The van der Waals surface area contributed by atoms with Crippen LogP contribution in [0.4, 0.5) is 0 Å². The minimum Gasteiger partial charge on any atom is -0.461 e. The van der Waals surface area contributed by atoms with Crippen LogP contribution in [0.2, 0.25) is 0 Å². The Morgan fingerprint density at radius 2 is 1.53 bits per heavy atom. The lowest BCUT2D eigenvalue weighted by molar-refractivity contribution is 0.191. The number of fused-ring (bicyclic) bond motifs is 1. The van der Waals surface area contributed by atoms with E-state index < -0.39 is 0 Å². The molecule has 1 heterocycles. The van der Waals surface area contributed by atoms with Crippen LogP contribution in [0.1, 0.15) is 27.9 Å².